The van der Waals surface area contributed by atoms with E-state index >= 15 is 0 Å². The van der Waals surface area contributed by atoms with Crippen LogP contribution in [0, 0.1) is 5.92 Å². The lowest BCUT2D eigenvalue weighted by Crippen LogP contribution is -2.30. The molecule has 0 aromatic carbocycles. The summed E-state index contributed by atoms with van der Waals surface area (Å²) in [5.74, 6) is 2.40. The van der Waals surface area contributed by atoms with E-state index in [2.05, 4.69) is 44.7 Å². The van der Waals surface area contributed by atoms with Crippen LogP contribution in [0.5, 0.6) is 0 Å². The number of pyridine rings is 1. The van der Waals surface area contributed by atoms with Crippen LogP contribution in [0.3, 0.4) is 0 Å². The van der Waals surface area contributed by atoms with Crippen LogP contribution in [0.1, 0.15) is 58.2 Å². The van der Waals surface area contributed by atoms with Gasteiger partial charge in [-0.3, -0.25) is 0 Å². The SMILES string of the molecule is CCCc1cc(CCl)cc(N(CC)CC(CC)CC)n1. The minimum Gasteiger partial charge on any atom is -0.357 e. The van der Waals surface area contributed by atoms with Crippen LogP contribution in [0.15, 0.2) is 12.1 Å². The fraction of sp³-hybridized carbons (Fsp3) is 0.706. The van der Waals surface area contributed by atoms with E-state index in [1.165, 1.54) is 24.1 Å². The van der Waals surface area contributed by atoms with E-state index < -0.39 is 0 Å². The number of anilines is 1. The Hall–Kier alpha value is -0.760. The van der Waals surface area contributed by atoms with Crippen molar-refractivity contribution in [2.24, 2.45) is 5.92 Å². The Kier molecular flexibility index (Phi) is 7.98. The Morgan fingerprint density at radius 3 is 2.35 bits per heavy atom. The van der Waals surface area contributed by atoms with Gasteiger partial charge in [0.25, 0.3) is 0 Å². The molecule has 2 nitrogen and oxygen atoms in total. The fourth-order valence-electron chi connectivity index (χ4n) is 2.50. The molecule has 0 N–H and O–H groups in total. The van der Waals surface area contributed by atoms with Crippen molar-refractivity contribution >= 4 is 17.4 Å². The maximum absolute atomic E-state index is 6.03. The van der Waals surface area contributed by atoms with Crippen molar-refractivity contribution in [1.29, 1.82) is 0 Å². The van der Waals surface area contributed by atoms with Crippen molar-refractivity contribution in [2.45, 2.75) is 59.3 Å². The molecule has 0 aliphatic heterocycles. The number of aryl methyl sites for hydroxylation is 1. The maximum Gasteiger partial charge on any atom is 0.129 e. The number of alkyl halides is 1. The summed E-state index contributed by atoms with van der Waals surface area (Å²) < 4.78 is 0. The summed E-state index contributed by atoms with van der Waals surface area (Å²) in [7, 11) is 0. The number of halogens is 1. The lowest BCUT2D eigenvalue weighted by Gasteiger charge is -2.27. The van der Waals surface area contributed by atoms with Gasteiger partial charge in [0.2, 0.25) is 0 Å². The van der Waals surface area contributed by atoms with Crippen molar-refractivity contribution in [1.82, 2.24) is 4.98 Å². The van der Waals surface area contributed by atoms with Crippen LogP contribution in [0.4, 0.5) is 5.82 Å². The molecule has 1 heterocycles. The zero-order chi connectivity index (χ0) is 15.0. The van der Waals surface area contributed by atoms with Gasteiger partial charge in [-0.2, -0.15) is 0 Å². The third-order valence-corrected chi connectivity index (χ3v) is 4.23. The molecule has 114 valence electrons. The van der Waals surface area contributed by atoms with E-state index in [0.717, 1.165) is 37.7 Å². The molecule has 0 saturated heterocycles. The van der Waals surface area contributed by atoms with Crippen LogP contribution < -0.4 is 4.90 Å². The van der Waals surface area contributed by atoms with Gasteiger partial charge in [-0.1, -0.05) is 40.0 Å². The van der Waals surface area contributed by atoms with Gasteiger partial charge >= 0.3 is 0 Å². The first kappa shape index (κ1) is 17.3. The topological polar surface area (TPSA) is 16.1 Å². The van der Waals surface area contributed by atoms with Gasteiger partial charge in [-0.05, 0) is 37.0 Å². The minimum absolute atomic E-state index is 0.564. The van der Waals surface area contributed by atoms with Gasteiger partial charge in [-0.25, -0.2) is 4.98 Å². The van der Waals surface area contributed by atoms with E-state index in [1.807, 2.05) is 0 Å². The van der Waals surface area contributed by atoms with Crippen molar-refractivity contribution in [3.05, 3.63) is 23.4 Å². The average molecular weight is 297 g/mol. The Balaban J connectivity index is 2.97. The second-order valence-electron chi connectivity index (χ2n) is 5.43. The molecule has 0 aliphatic carbocycles. The fourth-order valence-corrected chi connectivity index (χ4v) is 2.65. The number of hydrogen-bond donors (Lipinski definition) is 0. The summed E-state index contributed by atoms with van der Waals surface area (Å²) in [6.45, 7) is 11.0. The highest BCUT2D eigenvalue weighted by atomic mass is 35.5. The molecule has 0 unspecified atom stereocenters. The maximum atomic E-state index is 6.03. The van der Waals surface area contributed by atoms with Gasteiger partial charge < -0.3 is 4.90 Å². The minimum atomic E-state index is 0.564. The molecular weight excluding hydrogens is 268 g/mol. The summed E-state index contributed by atoms with van der Waals surface area (Å²) in [5.41, 5.74) is 2.35. The van der Waals surface area contributed by atoms with Crippen molar-refractivity contribution in [3.63, 3.8) is 0 Å². The van der Waals surface area contributed by atoms with Gasteiger partial charge in [0, 0.05) is 24.7 Å². The molecule has 20 heavy (non-hydrogen) atoms. The summed E-state index contributed by atoms with van der Waals surface area (Å²) in [6.07, 6.45) is 4.60. The first-order valence-electron chi connectivity index (χ1n) is 7.99. The summed E-state index contributed by atoms with van der Waals surface area (Å²) in [4.78, 5) is 7.23. The number of nitrogens with zero attached hydrogens (tertiary/aromatic N) is 2. The number of hydrogen-bond acceptors (Lipinski definition) is 2. The number of rotatable bonds is 9. The van der Waals surface area contributed by atoms with Gasteiger partial charge in [-0.15, -0.1) is 11.6 Å². The molecule has 0 fully saturated rings. The van der Waals surface area contributed by atoms with E-state index in [-0.39, 0.29) is 0 Å². The van der Waals surface area contributed by atoms with Crippen molar-refractivity contribution < 1.29 is 0 Å². The standard InChI is InChI=1S/C17H29ClN2/c1-5-9-16-10-15(12-18)11-17(19-16)20(8-4)13-14(6-2)7-3/h10-11,14H,5-9,12-13H2,1-4H3. The molecule has 3 heteroatoms. The number of aromatic nitrogens is 1. The monoisotopic (exact) mass is 296 g/mol. The Morgan fingerprint density at radius 1 is 1.15 bits per heavy atom. The van der Waals surface area contributed by atoms with Gasteiger partial charge in [0.05, 0.1) is 0 Å². The Morgan fingerprint density at radius 2 is 1.85 bits per heavy atom. The van der Waals surface area contributed by atoms with Crippen LogP contribution >= 0.6 is 11.6 Å². The zero-order valence-electron chi connectivity index (χ0n) is 13.5. The van der Waals surface area contributed by atoms with Crippen LogP contribution in [0.2, 0.25) is 0 Å². The van der Waals surface area contributed by atoms with Crippen LogP contribution in [-0.2, 0) is 12.3 Å². The predicted molar refractivity (Wildman–Crippen MR) is 89.7 cm³/mol. The zero-order valence-corrected chi connectivity index (χ0v) is 14.2. The second kappa shape index (κ2) is 9.23. The molecule has 1 aromatic heterocycles. The smallest absolute Gasteiger partial charge is 0.129 e. The summed E-state index contributed by atoms with van der Waals surface area (Å²) in [5, 5.41) is 0. The largest absolute Gasteiger partial charge is 0.357 e. The molecule has 0 aliphatic rings. The van der Waals surface area contributed by atoms with E-state index in [1.54, 1.807) is 0 Å². The lowest BCUT2D eigenvalue weighted by molar-refractivity contribution is 0.484. The third kappa shape index (κ3) is 4.97. The molecule has 0 amide bonds. The molecule has 0 radical (unpaired) electrons. The van der Waals surface area contributed by atoms with Gasteiger partial charge in [0.15, 0.2) is 0 Å². The first-order valence-corrected chi connectivity index (χ1v) is 8.52. The molecule has 1 rings (SSSR count). The second-order valence-corrected chi connectivity index (χ2v) is 5.70. The van der Waals surface area contributed by atoms with Crippen molar-refractivity contribution in [3.8, 4) is 0 Å². The molecule has 0 spiro atoms. The predicted octanol–water partition coefficient (Wildman–Crippen LogP) is 5.04. The third-order valence-electron chi connectivity index (χ3n) is 3.92. The lowest BCUT2D eigenvalue weighted by atomic mass is 10.0. The molecule has 0 saturated carbocycles. The molecule has 1 aromatic rings. The highest BCUT2D eigenvalue weighted by Gasteiger charge is 2.13. The summed E-state index contributed by atoms with van der Waals surface area (Å²) in [6, 6.07) is 4.29. The normalized spacial score (nSPS) is 11.1. The van der Waals surface area contributed by atoms with Gasteiger partial charge in [0.1, 0.15) is 5.82 Å². The Bertz CT molecular complexity index is 389. The highest BCUT2D eigenvalue weighted by molar-refractivity contribution is 6.17. The van der Waals surface area contributed by atoms with Crippen LogP contribution in [-0.4, -0.2) is 18.1 Å². The first-order chi connectivity index (χ1) is 9.68. The van der Waals surface area contributed by atoms with Crippen LogP contribution in [0.25, 0.3) is 0 Å². The van der Waals surface area contributed by atoms with Crippen molar-refractivity contribution in [2.75, 3.05) is 18.0 Å². The van der Waals surface area contributed by atoms with E-state index in [9.17, 15) is 0 Å². The molecule has 0 atom stereocenters. The Labute approximate surface area is 129 Å². The highest BCUT2D eigenvalue weighted by Crippen LogP contribution is 2.20. The molecular formula is C17H29ClN2. The van der Waals surface area contributed by atoms with E-state index in [0.29, 0.717) is 5.88 Å². The quantitative estimate of drug-likeness (QED) is 0.594. The average Bonchev–Trinajstić information content (AvgIpc) is 2.48. The molecule has 0 bridgehead atoms. The van der Waals surface area contributed by atoms with E-state index in [4.69, 9.17) is 16.6 Å². The summed E-state index contributed by atoms with van der Waals surface area (Å²) >= 11 is 6.03.